The van der Waals surface area contributed by atoms with Gasteiger partial charge in [0.15, 0.2) is 0 Å². The number of hydrogen-bond donors (Lipinski definition) is 0. The zero-order valence-electron chi connectivity index (χ0n) is 22.5. The summed E-state index contributed by atoms with van der Waals surface area (Å²) in [5.41, 5.74) is 2.68. The van der Waals surface area contributed by atoms with E-state index >= 15 is 0 Å². The molecule has 6 rings (SSSR count). The van der Waals surface area contributed by atoms with E-state index in [2.05, 4.69) is 74.5 Å². The summed E-state index contributed by atoms with van der Waals surface area (Å²) in [4.78, 5) is 5.88. The van der Waals surface area contributed by atoms with Crippen molar-refractivity contribution in [3.8, 4) is 20.9 Å². The maximum atomic E-state index is 2.44. The van der Waals surface area contributed by atoms with Gasteiger partial charge in [0, 0.05) is 38.3 Å². The maximum Gasteiger partial charge on any atom is 0.0460 e. The summed E-state index contributed by atoms with van der Waals surface area (Å²) in [5.74, 6) is 0. The molecule has 0 saturated carbocycles. The van der Waals surface area contributed by atoms with E-state index in [1.165, 1.54) is 115 Å². The molecule has 4 aromatic heterocycles. The van der Waals surface area contributed by atoms with Gasteiger partial charge in [0.1, 0.15) is 0 Å². The van der Waals surface area contributed by atoms with Crippen LogP contribution in [-0.4, -0.2) is 0 Å². The molecular weight excluding hydrogens is 537 g/mol. The Bertz CT molecular complexity index is 1470. The van der Waals surface area contributed by atoms with Crippen molar-refractivity contribution in [3.05, 3.63) is 70.4 Å². The maximum absolute atomic E-state index is 2.44. The molecule has 0 aliphatic heterocycles. The van der Waals surface area contributed by atoms with Crippen LogP contribution < -0.4 is 0 Å². The summed E-state index contributed by atoms with van der Waals surface area (Å²) in [6.45, 7) is 4.57. The average Bonchev–Trinajstić information content (AvgIpc) is 3.68. The molecule has 0 radical (unpaired) electrons. The lowest BCUT2D eigenvalue weighted by Crippen LogP contribution is -1.80. The summed E-state index contributed by atoms with van der Waals surface area (Å²) in [6.07, 6.45) is 13.2. The lowest BCUT2D eigenvalue weighted by Gasteiger charge is -2.05. The van der Waals surface area contributed by atoms with E-state index in [4.69, 9.17) is 0 Å². The first kappa shape index (κ1) is 26.3. The van der Waals surface area contributed by atoms with E-state index in [1.54, 1.807) is 9.75 Å². The topological polar surface area (TPSA) is 0 Å². The van der Waals surface area contributed by atoms with Gasteiger partial charge in [0.05, 0.1) is 0 Å². The SMILES string of the molecule is CCCCCCc1cc2sc(-c3ccc4cc(-c5cc6sc(CCCCCC)cc6s5)ccc4c3)cc2s1. The molecule has 196 valence electrons. The number of aryl methyl sites for hydroxylation is 2. The molecule has 0 amide bonds. The summed E-state index contributed by atoms with van der Waals surface area (Å²) >= 11 is 7.89. The molecule has 0 nitrogen and oxygen atoms in total. The van der Waals surface area contributed by atoms with Crippen LogP contribution in [-0.2, 0) is 12.8 Å². The zero-order valence-corrected chi connectivity index (χ0v) is 25.7. The van der Waals surface area contributed by atoms with Crippen molar-refractivity contribution in [2.24, 2.45) is 0 Å². The lowest BCUT2D eigenvalue weighted by atomic mass is 10.0. The summed E-state index contributed by atoms with van der Waals surface area (Å²) in [7, 11) is 0. The Morgan fingerprint density at radius 2 is 0.895 bits per heavy atom. The van der Waals surface area contributed by atoms with E-state index in [1.807, 2.05) is 45.3 Å². The van der Waals surface area contributed by atoms with Crippen molar-refractivity contribution >= 4 is 74.9 Å². The Balaban J connectivity index is 1.17. The second-order valence-electron chi connectivity index (χ2n) is 10.5. The average molecular weight is 573 g/mol. The molecule has 0 atom stereocenters. The zero-order chi connectivity index (χ0) is 25.9. The van der Waals surface area contributed by atoms with Crippen molar-refractivity contribution in [3.63, 3.8) is 0 Å². The lowest BCUT2D eigenvalue weighted by molar-refractivity contribution is 0.670. The highest BCUT2D eigenvalue weighted by molar-refractivity contribution is 7.30. The van der Waals surface area contributed by atoms with Crippen molar-refractivity contribution < 1.29 is 0 Å². The predicted molar refractivity (Wildman–Crippen MR) is 177 cm³/mol. The largest absolute Gasteiger partial charge is 0.139 e. The molecule has 6 aromatic rings. The number of hydrogen-bond acceptors (Lipinski definition) is 4. The van der Waals surface area contributed by atoms with Gasteiger partial charge in [0.2, 0.25) is 0 Å². The third kappa shape index (κ3) is 5.79. The van der Waals surface area contributed by atoms with Crippen LogP contribution in [0, 0.1) is 0 Å². The van der Waals surface area contributed by atoms with Crippen LogP contribution in [0.15, 0.2) is 60.7 Å². The van der Waals surface area contributed by atoms with E-state index in [9.17, 15) is 0 Å². The Labute approximate surface area is 243 Å². The minimum absolute atomic E-state index is 1.24. The van der Waals surface area contributed by atoms with Crippen LogP contribution in [0.5, 0.6) is 0 Å². The highest BCUT2D eigenvalue weighted by Gasteiger charge is 2.12. The molecule has 0 spiro atoms. The molecule has 4 heteroatoms. The molecular formula is C34H36S4. The van der Waals surface area contributed by atoms with Crippen molar-refractivity contribution in [2.75, 3.05) is 0 Å². The monoisotopic (exact) mass is 572 g/mol. The molecule has 0 fully saturated rings. The number of benzene rings is 2. The molecule has 0 unspecified atom stereocenters. The molecule has 2 aromatic carbocycles. The Morgan fingerprint density at radius 3 is 1.32 bits per heavy atom. The van der Waals surface area contributed by atoms with Gasteiger partial charge in [-0.05, 0) is 84.0 Å². The smallest absolute Gasteiger partial charge is 0.0460 e. The van der Waals surface area contributed by atoms with Crippen LogP contribution in [0.3, 0.4) is 0 Å². The first-order valence-corrected chi connectivity index (χ1v) is 17.6. The second kappa shape index (κ2) is 12.0. The molecule has 38 heavy (non-hydrogen) atoms. The van der Waals surface area contributed by atoms with Crippen molar-refractivity contribution in [1.82, 2.24) is 0 Å². The van der Waals surface area contributed by atoms with Gasteiger partial charge < -0.3 is 0 Å². The third-order valence-corrected chi connectivity index (χ3v) is 12.3. The van der Waals surface area contributed by atoms with Crippen LogP contribution in [0.25, 0.3) is 50.5 Å². The minimum Gasteiger partial charge on any atom is -0.139 e. The van der Waals surface area contributed by atoms with Gasteiger partial charge in [-0.25, -0.2) is 0 Å². The Morgan fingerprint density at radius 1 is 0.447 bits per heavy atom. The molecule has 0 aliphatic carbocycles. The Kier molecular flexibility index (Phi) is 8.32. The quantitative estimate of drug-likeness (QED) is 0.128. The number of unbranched alkanes of at least 4 members (excludes halogenated alkanes) is 6. The van der Waals surface area contributed by atoms with Crippen molar-refractivity contribution in [1.29, 1.82) is 0 Å². The fraction of sp³-hybridized carbons (Fsp3) is 0.353. The van der Waals surface area contributed by atoms with Gasteiger partial charge in [-0.2, -0.15) is 0 Å². The van der Waals surface area contributed by atoms with Crippen LogP contribution in [0.2, 0.25) is 0 Å². The van der Waals surface area contributed by atoms with Gasteiger partial charge >= 0.3 is 0 Å². The highest BCUT2D eigenvalue weighted by atomic mass is 32.1. The van der Waals surface area contributed by atoms with Gasteiger partial charge in [-0.15, -0.1) is 45.3 Å². The van der Waals surface area contributed by atoms with E-state index in [-0.39, 0.29) is 0 Å². The molecule has 4 heterocycles. The summed E-state index contributed by atoms with van der Waals surface area (Å²) in [5, 5.41) is 2.65. The van der Waals surface area contributed by atoms with Crippen LogP contribution >= 0.6 is 45.3 Å². The second-order valence-corrected chi connectivity index (χ2v) is 15.0. The molecule has 0 saturated heterocycles. The van der Waals surface area contributed by atoms with Crippen LogP contribution in [0.4, 0.5) is 0 Å². The summed E-state index contributed by atoms with van der Waals surface area (Å²) in [6, 6.07) is 23.7. The third-order valence-electron chi connectivity index (χ3n) is 7.48. The molecule has 0 bridgehead atoms. The number of rotatable bonds is 12. The normalized spacial score (nSPS) is 11.9. The highest BCUT2D eigenvalue weighted by Crippen LogP contribution is 2.41. The van der Waals surface area contributed by atoms with Gasteiger partial charge in [-0.3, -0.25) is 0 Å². The van der Waals surface area contributed by atoms with E-state index in [0.717, 1.165) is 0 Å². The minimum atomic E-state index is 1.24. The Hall–Kier alpha value is -1.98. The fourth-order valence-electron chi connectivity index (χ4n) is 5.31. The molecule has 0 N–H and O–H groups in total. The number of thiophene rings is 4. The van der Waals surface area contributed by atoms with Crippen molar-refractivity contribution in [2.45, 2.75) is 78.1 Å². The van der Waals surface area contributed by atoms with E-state index < -0.39 is 0 Å². The molecule has 0 aliphatic rings. The van der Waals surface area contributed by atoms with Gasteiger partial charge in [0.25, 0.3) is 0 Å². The number of fused-ring (bicyclic) bond motifs is 3. The summed E-state index contributed by atoms with van der Waals surface area (Å²) < 4.78 is 5.81. The standard InChI is InChI=1S/C34H36S4/c1-3-5-7-9-11-27-19-31-33(35-27)21-29(37-31)25-15-13-24-18-26(16-14-23(24)17-25)30-22-34-32(38-30)20-28(36-34)12-10-8-6-4-2/h13-22H,3-12H2,1-2H3. The first-order chi connectivity index (χ1) is 18.7. The van der Waals surface area contributed by atoms with E-state index in [0.29, 0.717) is 0 Å². The van der Waals surface area contributed by atoms with Crippen LogP contribution in [0.1, 0.15) is 75.0 Å². The van der Waals surface area contributed by atoms with Gasteiger partial charge in [-0.1, -0.05) is 76.6 Å². The fourth-order valence-corrected chi connectivity index (χ4v) is 10.2. The first-order valence-electron chi connectivity index (χ1n) is 14.3. The predicted octanol–water partition coefficient (Wildman–Crippen LogP) is 13.0.